The zero-order valence-corrected chi connectivity index (χ0v) is 4.91. The summed E-state index contributed by atoms with van der Waals surface area (Å²) in [6, 6.07) is 0. The van der Waals surface area contributed by atoms with Crippen LogP contribution in [0, 0.1) is 5.82 Å². The topological polar surface area (TPSA) is 68.9 Å². The van der Waals surface area contributed by atoms with Gasteiger partial charge in [0.05, 0.1) is 6.20 Å². The molecule has 4 nitrogen and oxygen atoms in total. The summed E-state index contributed by atoms with van der Waals surface area (Å²) >= 11 is 0. The van der Waals surface area contributed by atoms with Crippen LogP contribution in [0.2, 0.25) is 0 Å². The Labute approximate surface area is 55.9 Å². The van der Waals surface area contributed by atoms with Gasteiger partial charge >= 0.3 is 0 Å². The van der Waals surface area contributed by atoms with Crippen molar-refractivity contribution in [3.8, 4) is 0 Å². The second-order valence-corrected chi connectivity index (χ2v) is 1.58. The van der Waals surface area contributed by atoms with Gasteiger partial charge in [-0.05, 0) is 0 Å². The van der Waals surface area contributed by atoms with Gasteiger partial charge in [0, 0.05) is 0 Å². The van der Waals surface area contributed by atoms with Gasteiger partial charge in [0.1, 0.15) is 6.33 Å². The van der Waals surface area contributed by atoms with Crippen LogP contribution in [0.3, 0.4) is 0 Å². The Morgan fingerprint density at radius 3 is 2.80 bits per heavy atom. The zero-order chi connectivity index (χ0) is 7.56. The highest BCUT2D eigenvalue weighted by Crippen LogP contribution is 1.97. The van der Waals surface area contributed by atoms with E-state index >= 15 is 0 Å². The number of halogens is 1. The maximum atomic E-state index is 12.4. The molecule has 0 unspecified atom stereocenters. The first kappa shape index (κ1) is 6.60. The molecule has 0 saturated carbocycles. The summed E-state index contributed by atoms with van der Waals surface area (Å²) in [5.74, 6) is -1.69. The maximum absolute atomic E-state index is 12.4. The van der Waals surface area contributed by atoms with Gasteiger partial charge in [-0.3, -0.25) is 4.79 Å². The summed E-state index contributed by atoms with van der Waals surface area (Å²) in [5.41, 5.74) is 4.37. The van der Waals surface area contributed by atoms with E-state index in [0.29, 0.717) is 0 Å². The lowest BCUT2D eigenvalue weighted by Crippen LogP contribution is -2.15. The SMILES string of the molecule is NC(=O)c1ncncc1F. The fourth-order valence-corrected chi connectivity index (χ4v) is 0.494. The zero-order valence-electron chi connectivity index (χ0n) is 4.91. The standard InChI is InChI=1S/C5H4FN3O/c6-3-1-8-2-9-4(3)5(7)10/h1-2H,(H2,7,10). The van der Waals surface area contributed by atoms with E-state index in [1.807, 2.05) is 0 Å². The molecule has 0 aliphatic heterocycles. The highest BCUT2D eigenvalue weighted by molar-refractivity contribution is 5.90. The van der Waals surface area contributed by atoms with Crippen LogP contribution < -0.4 is 5.73 Å². The molecule has 0 spiro atoms. The van der Waals surface area contributed by atoms with Crippen LogP contribution >= 0.6 is 0 Å². The predicted octanol–water partition coefficient (Wildman–Crippen LogP) is -0.285. The Bertz CT molecular complexity index is 263. The van der Waals surface area contributed by atoms with Crippen LogP contribution in [0.5, 0.6) is 0 Å². The number of carbonyl (C=O) groups excluding carboxylic acids is 1. The number of amides is 1. The van der Waals surface area contributed by atoms with Crippen LogP contribution in [0.15, 0.2) is 12.5 Å². The molecular formula is C5H4FN3O. The largest absolute Gasteiger partial charge is 0.364 e. The van der Waals surface area contributed by atoms with E-state index in [4.69, 9.17) is 5.73 Å². The molecule has 0 radical (unpaired) electrons. The summed E-state index contributed by atoms with van der Waals surface area (Å²) < 4.78 is 12.4. The number of rotatable bonds is 1. The summed E-state index contributed by atoms with van der Waals surface area (Å²) in [7, 11) is 0. The average Bonchev–Trinajstić information content (AvgIpc) is 1.88. The molecule has 52 valence electrons. The van der Waals surface area contributed by atoms with E-state index in [1.165, 1.54) is 0 Å². The number of carbonyl (C=O) groups is 1. The van der Waals surface area contributed by atoms with Gasteiger partial charge < -0.3 is 5.73 Å². The smallest absolute Gasteiger partial charge is 0.270 e. The Morgan fingerprint density at radius 2 is 2.40 bits per heavy atom. The van der Waals surface area contributed by atoms with Gasteiger partial charge in [-0.25, -0.2) is 14.4 Å². The maximum Gasteiger partial charge on any atom is 0.270 e. The van der Waals surface area contributed by atoms with Crippen molar-refractivity contribution in [2.75, 3.05) is 0 Å². The molecule has 10 heavy (non-hydrogen) atoms. The summed E-state index contributed by atoms with van der Waals surface area (Å²) in [4.78, 5) is 17.0. The number of primary amides is 1. The summed E-state index contributed by atoms with van der Waals surface area (Å²) in [5, 5.41) is 0. The molecule has 2 N–H and O–H groups in total. The molecule has 0 atom stereocenters. The van der Waals surface area contributed by atoms with E-state index in [2.05, 4.69) is 9.97 Å². The Balaban J connectivity index is 3.15. The highest BCUT2D eigenvalue weighted by atomic mass is 19.1. The fourth-order valence-electron chi connectivity index (χ4n) is 0.494. The Hall–Kier alpha value is -1.52. The molecule has 1 aromatic rings. The molecule has 0 aromatic carbocycles. The lowest BCUT2D eigenvalue weighted by Gasteiger charge is -1.92. The molecule has 0 bridgehead atoms. The third kappa shape index (κ3) is 1.07. The van der Waals surface area contributed by atoms with Crippen LogP contribution in [0.4, 0.5) is 4.39 Å². The Kier molecular flexibility index (Phi) is 1.57. The second kappa shape index (κ2) is 2.38. The van der Waals surface area contributed by atoms with E-state index < -0.39 is 11.7 Å². The van der Waals surface area contributed by atoms with E-state index in [-0.39, 0.29) is 5.69 Å². The lowest BCUT2D eigenvalue weighted by atomic mass is 10.4. The van der Waals surface area contributed by atoms with Gasteiger partial charge in [0.25, 0.3) is 5.91 Å². The van der Waals surface area contributed by atoms with Crippen molar-refractivity contribution < 1.29 is 9.18 Å². The van der Waals surface area contributed by atoms with Crippen molar-refractivity contribution >= 4 is 5.91 Å². The molecule has 1 aromatic heterocycles. The number of nitrogens with two attached hydrogens (primary N) is 1. The number of nitrogens with zero attached hydrogens (tertiary/aromatic N) is 2. The van der Waals surface area contributed by atoms with E-state index in [1.54, 1.807) is 0 Å². The van der Waals surface area contributed by atoms with E-state index in [9.17, 15) is 9.18 Å². The number of hydrogen-bond acceptors (Lipinski definition) is 3. The van der Waals surface area contributed by atoms with Gasteiger partial charge in [-0.2, -0.15) is 0 Å². The normalized spacial score (nSPS) is 9.30. The van der Waals surface area contributed by atoms with Crippen LogP contribution in [-0.2, 0) is 0 Å². The molecule has 1 amide bonds. The Morgan fingerprint density at radius 1 is 1.70 bits per heavy atom. The second-order valence-electron chi connectivity index (χ2n) is 1.58. The monoisotopic (exact) mass is 141 g/mol. The van der Waals surface area contributed by atoms with Gasteiger partial charge in [-0.15, -0.1) is 0 Å². The highest BCUT2D eigenvalue weighted by Gasteiger charge is 2.07. The molecule has 0 saturated heterocycles. The fraction of sp³-hybridized carbons (Fsp3) is 0. The lowest BCUT2D eigenvalue weighted by molar-refractivity contribution is 0.0991. The van der Waals surface area contributed by atoms with Crippen LogP contribution in [0.1, 0.15) is 10.5 Å². The molecule has 0 aliphatic carbocycles. The van der Waals surface area contributed by atoms with Gasteiger partial charge in [0.2, 0.25) is 0 Å². The summed E-state index contributed by atoms with van der Waals surface area (Å²) in [6.07, 6.45) is 1.94. The minimum absolute atomic E-state index is 0.380. The first-order chi connectivity index (χ1) is 4.72. The number of hydrogen-bond donors (Lipinski definition) is 1. The average molecular weight is 141 g/mol. The minimum Gasteiger partial charge on any atom is -0.364 e. The third-order valence-electron chi connectivity index (χ3n) is 0.901. The van der Waals surface area contributed by atoms with Crippen molar-refractivity contribution in [3.05, 3.63) is 24.0 Å². The van der Waals surface area contributed by atoms with Gasteiger partial charge in [0.15, 0.2) is 11.5 Å². The van der Waals surface area contributed by atoms with E-state index in [0.717, 1.165) is 12.5 Å². The quantitative estimate of drug-likeness (QED) is 0.584. The van der Waals surface area contributed by atoms with Crippen molar-refractivity contribution in [2.24, 2.45) is 5.73 Å². The van der Waals surface area contributed by atoms with Crippen LogP contribution in [0.25, 0.3) is 0 Å². The van der Waals surface area contributed by atoms with Crippen molar-refractivity contribution in [2.45, 2.75) is 0 Å². The third-order valence-corrected chi connectivity index (χ3v) is 0.901. The first-order valence-electron chi connectivity index (χ1n) is 2.47. The first-order valence-corrected chi connectivity index (χ1v) is 2.47. The summed E-state index contributed by atoms with van der Waals surface area (Å²) in [6.45, 7) is 0. The van der Waals surface area contributed by atoms with Crippen molar-refractivity contribution in [1.29, 1.82) is 0 Å². The molecule has 1 rings (SSSR count). The molecule has 1 heterocycles. The van der Waals surface area contributed by atoms with Gasteiger partial charge in [-0.1, -0.05) is 0 Å². The molecule has 0 aliphatic rings. The molecule has 0 fully saturated rings. The number of aromatic nitrogens is 2. The minimum atomic E-state index is -0.889. The molecular weight excluding hydrogens is 137 g/mol. The van der Waals surface area contributed by atoms with Crippen molar-refractivity contribution in [1.82, 2.24) is 9.97 Å². The van der Waals surface area contributed by atoms with Crippen LogP contribution in [-0.4, -0.2) is 15.9 Å². The predicted molar refractivity (Wildman–Crippen MR) is 30.5 cm³/mol. The molecule has 5 heteroatoms. The van der Waals surface area contributed by atoms with Crippen molar-refractivity contribution in [3.63, 3.8) is 0 Å².